The number of primary amides is 1. The molecular formula is C62H97N9O16S. The van der Waals surface area contributed by atoms with Gasteiger partial charge in [-0.1, -0.05) is 104 Å². The number of ether oxygens (including phenoxy) is 2. The molecule has 5 rings (SSSR count). The number of H-pyrrole nitrogens is 1. The van der Waals surface area contributed by atoms with Gasteiger partial charge in [0, 0.05) is 62.1 Å². The van der Waals surface area contributed by atoms with Crippen LogP contribution in [-0.2, 0) is 65.1 Å². The van der Waals surface area contributed by atoms with Crippen LogP contribution in [-0.4, -0.2) is 176 Å². The lowest BCUT2D eigenvalue weighted by Crippen LogP contribution is -2.56. The number of aromatic amines is 1. The fourth-order valence-electron chi connectivity index (χ4n) is 11.4. The second kappa shape index (κ2) is 35.6. The van der Waals surface area contributed by atoms with Gasteiger partial charge < -0.3 is 72.3 Å². The number of aliphatic hydroxyl groups is 3. The number of ketones is 2. The van der Waals surface area contributed by atoms with Crippen LogP contribution in [0, 0.1) is 23.7 Å². The van der Waals surface area contributed by atoms with Gasteiger partial charge in [-0.05, 0) is 63.6 Å². The number of aromatic nitrogens is 1. The standard InChI is InChI=1S/C62H97N9O16S/c1-7-37(2)54-58(82)66-32-52(78)67-46-36-88(85)59-44(43-23-22-42(31-45(43)68-59)86-25-21-19-17-15-13-11-9-8-10-12-14-16-18-20-24-64-61(84)87-62(4,5)6)26-39(56(80)65-33-53(79)69-54)27-49(75)55(38(3)50(76)35-72)70-57(81)47-30-41(73)34-71(47)60(83)40(28-48(46)74)29-51(63)77/h22-23,31,37-41,46-47,50,54-55,68,72-73,76H,7-21,24-30,32-36H2,1-6H3,(H2,63,77)(H,64,84)(H,65,80)(H,66,82)(H,67,78)(H,69,79)(H,70,81)/t37-,38-,39?,40-,41?,46?,47-,50-,54-,55-,88+/m0/s1. The van der Waals surface area contributed by atoms with Gasteiger partial charge >= 0.3 is 6.09 Å². The number of Topliss-reactive ketones (excluding diaryl/α,β-unsaturated/α-hetero) is 2. The first-order valence-corrected chi connectivity index (χ1v) is 32.8. The minimum atomic E-state index is -2.31. The number of aliphatic hydroxyl groups excluding tert-OH is 3. The lowest BCUT2D eigenvalue weighted by atomic mass is 9.85. The van der Waals surface area contributed by atoms with E-state index in [0.717, 1.165) is 56.3 Å². The van der Waals surface area contributed by atoms with Crippen molar-refractivity contribution >= 4 is 80.7 Å². The van der Waals surface area contributed by atoms with E-state index in [2.05, 4.69) is 36.9 Å². The van der Waals surface area contributed by atoms with Crippen LogP contribution in [0.4, 0.5) is 4.79 Å². The van der Waals surface area contributed by atoms with Crippen LogP contribution in [0.2, 0.25) is 0 Å². The van der Waals surface area contributed by atoms with Gasteiger partial charge in [-0.15, -0.1) is 0 Å². The Balaban J connectivity index is 1.39. The Morgan fingerprint density at radius 1 is 0.784 bits per heavy atom. The number of fused-ring (bicyclic) bond motifs is 5. The molecule has 0 radical (unpaired) electrons. The number of amides is 8. The van der Waals surface area contributed by atoms with E-state index < -0.39 is 181 Å². The number of hydrogen-bond acceptors (Lipinski definition) is 16. The third-order valence-electron chi connectivity index (χ3n) is 16.6. The fraction of sp³-hybridized carbons (Fsp3) is 0.710. The minimum absolute atomic E-state index is 0.0279. The largest absolute Gasteiger partial charge is 0.494 e. The van der Waals surface area contributed by atoms with Crippen LogP contribution < -0.4 is 42.4 Å². The summed E-state index contributed by atoms with van der Waals surface area (Å²) in [4.78, 5) is 143. The average molecular weight is 1260 g/mol. The van der Waals surface area contributed by atoms with Crippen molar-refractivity contribution < 1.29 is 76.9 Å². The molecule has 12 N–H and O–H groups in total. The highest BCUT2D eigenvalue weighted by atomic mass is 32.2. The zero-order valence-corrected chi connectivity index (χ0v) is 53.0. The molecule has 11 atom stereocenters. The molecule has 2 bridgehead atoms. The Labute approximate surface area is 518 Å². The predicted molar refractivity (Wildman–Crippen MR) is 327 cm³/mol. The molecule has 1 aromatic heterocycles. The smallest absolute Gasteiger partial charge is 0.407 e. The Kier molecular flexibility index (Phi) is 29.2. The number of carbonyl (C=O) groups excluding carboxylic acids is 10. The molecule has 26 heteroatoms. The molecule has 3 aliphatic heterocycles. The summed E-state index contributed by atoms with van der Waals surface area (Å²) in [6.07, 6.45) is 9.51. The van der Waals surface area contributed by atoms with Gasteiger partial charge in [0.15, 0.2) is 11.6 Å². The molecule has 1 saturated heterocycles. The number of nitrogens with zero attached hydrogens (tertiary/aromatic N) is 1. The second-order valence-corrected chi connectivity index (χ2v) is 26.4. The number of nitrogens with one attached hydrogen (secondary N) is 7. The fourth-order valence-corrected chi connectivity index (χ4v) is 12.8. The number of rotatable bonds is 25. The van der Waals surface area contributed by atoms with Crippen molar-refractivity contribution in [1.82, 2.24) is 41.8 Å². The maximum absolute atomic E-state index is 15.1. The number of alkyl carbamates (subject to hydrolysis) is 1. The van der Waals surface area contributed by atoms with E-state index in [1.165, 1.54) is 45.4 Å². The first kappa shape index (κ1) is 72.2. The van der Waals surface area contributed by atoms with Crippen LogP contribution in [0.5, 0.6) is 5.75 Å². The lowest BCUT2D eigenvalue weighted by Gasteiger charge is -2.32. The summed E-state index contributed by atoms with van der Waals surface area (Å²) in [5, 5.41) is 47.9. The molecule has 8 amide bonds. The Morgan fingerprint density at radius 3 is 1.99 bits per heavy atom. The summed E-state index contributed by atoms with van der Waals surface area (Å²) in [7, 11) is -2.31. The third-order valence-corrected chi connectivity index (χ3v) is 18.1. The van der Waals surface area contributed by atoms with Gasteiger partial charge in [0.1, 0.15) is 28.5 Å². The highest BCUT2D eigenvalue weighted by Gasteiger charge is 2.45. The van der Waals surface area contributed by atoms with Crippen molar-refractivity contribution in [2.75, 3.05) is 45.1 Å². The molecule has 1 fully saturated rings. The molecule has 88 heavy (non-hydrogen) atoms. The molecule has 4 heterocycles. The number of hydrogen-bond donors (Lipinski definition) is 11. The summed E-state index contributed by atoms with van der Waals surface area (Å²) in [5.41, 5.74) is 5.74. The SMILES string of the molecule is CC[C@H](C)[C@@H]1NC(=O)CNC(=O)C2CC(=O)[C@H]([C@@H](C)[C@@H](O)CO)NC(=O)[C@@H]3CC(O)CN3C(=O)[C@H](CC(N)=O)CC(=O)C(C[S@@](=O)c3[nH]c4cc(OCCCCCCCCCCCCCCCCNC(=O)OC(C)(C)C)ccc4c3C2)NC(=O)CNC1=O. The maximum Gasteiger partial charge on any atom is 0.407 e. The summed E-state index contributed by atoms with van der Waals surface area (Å²) in [5.74, 6) is -13.0. The maximum atomic E-state index is 15.1. The Bertz CT molecular complexity index is 2750. The Hall–Kier alpha value is -6.51. The zero-order valence-electron chi connectivity index (χ0n) is 52.2. The number of nitrogens with two attached hydrogens (primary N) is 1. The molecule has 0 spiro atoms. The minimum Gasteiger partial charge on any atom is -0.494 e. The van der Waals surface area contributed by atoms with E-state index in [1.54, 1.807) is 32.0 Å². The van der Waals surface area contributed by atoms with Crippen LogP contribution >= 0.6 is 0 Å². The highest BCUT2D eigenvalue weighted by Crippen LogP contribution is 2.33. The predicted octanol–water partition coefficient (Wildman–Crippen LogP) is 2.92. The topological polar surface area (TPSA) is 384 Å². The molecule has 3 unspecified atom stereocenters. The van der Waals surface area contributed by atoms with Gasteiger partial charge in [0.05, 0.1) is 78.6 Å². The number of benzene rings is 1. The van der Waals surface area contributed by atoms with E-state index in [1.807, 2.05) is 20.8 Å². The Morgan fingerprint density at radius 2 is 1.39 bits per heavy atom. The second-order valence-electron chi connectivity index (χ2n) is 25.0. The van der Waals surface area contributed by atoms with Gasteiger partial charge in [0.2, 0.25) is 41.4 Å². The normalized spacial score (nSPS) is 24.2. The van der Waals surface area contributed by atoms with E-state index in [4.69, 9.17) is 15.2 Å². The van der Waals surface area contributed by atoms with Crippen molar-refractivity contribution in [2.45, 2.75) is 217 Å². The van der Waals surface area contributed by atoms with Gasteiger partial charge in [0.25, 0.3) is 0 Å². The van der Waals surface area contributed by atoms with Crippen LogP contribution in [0.3, 0.4) is 0 Å². The molecule has 0 saturated carbocycles. The third kappa shape index (κ3) is 22.8. The van der Waals surface area contributed by atoms with Gasteiger partial charge in [-0.25, -0.2) is 4.79 Å². The molecule has 0 aliphatic carbocycles. The van der Waals surface area contributed by atoms with Crippen molar-refractivity contribution in [3.8, 4) is 5.75 Å². The van der Waals surface area contributed by atoms with Gasteiger partial charge in [-0.2, -0.15) is 0 Å². The molecular weight excluding hydrogens is 1160 g/mol. The number of carbonyl (C=O) groups is 10. The molecule has 1 aromatic carbocycles. The van der Waals surface area contributed by atoms with E-state index >= 15 is 4.21 Å². The number of unbranched alkanes of at least 4 members (excludes halogenated alkanes) is 13. The van der Waals surface area contributed by atoms with E-state index in [9.17, 15) is 63.3 Å². The summed E-state index contributed by atoms with van der Waals surface area (Å²) >= 11 is 0. The first-order chi connectivity index (χ1) is 41.8. The van der Waals surface area contributed by atoms with E-state index in [0.29, 0.717) is 36.2 Å². The molecule has 25 nitrogen and oxygen atoms in total. The highest BCUT2D eigenvalue weighted by molar-refractivity contribution is 7.85. The first-order valence-electron chi connectivity index (χ1n) is 31.5. The van der Waals surface area contributed by atoms with Gasteiger partial charge in [-0.3, -0.25) is 47.4 Å². The van der Waals surface area contributed by atoms with Crippen LogP contribution in [0.25, 0.3) is 10.9 Å². The quantitative estimate of drug-likeness (QED) is 0.0637. The lowest BCUT2D eigenvalue weighted by molar-refractivity contribution is -0.145. The summed E-state index contributed by atoms with van der Waals surface area (Å²) < 4.78 is 26.6. The van der Waals surface area contributed by atoms with Crippen molar-refractivity contribution in [1.29, 1.82) is 0 Å². The monoisotopic (exact) mass is 1260 g/mol. The summed E-state index contributed by atoms with van der Waals surface area (Å²) in [6, 6.07) is -1.00. The zero-order chi connectivity index (χ0) is 64.7. The van der Waals surface area contributed by atoms with Crippen LogP contribution in [0.15, 0.2) is 23.2 Å². The average Bonchev–Trinajstić information content (AvgIpc) is 2.35. The van der Waals surface area contributed by atoms with Crippen LogP contribution in [0.1, 0.15) is 169 Å². The molecule has 492 valence electrons. The molecule has 3 aliphatic rings. The molecule has 2 aromatic rings. The summed E-state index contributed by atoms with van der Waals surface area (Å²) in [6.45, 7) is 8.64. The van der Waals surface area contributed by atoms with Crippen molar-refractivity contribution in [3.63, 3.8) is 0 Å². The van der Waals surface area contributed by atoms with Crippen molar-refractivity contribution in [2.24, 2.45) is 29.4 Å². The van der Waals surface area contributed by atoms with E-state index in [-0.39, 0.29) is 29.5 Å². The van der Waals surface area contributed by atoms with Crippen molar-refractivity contribution in [3.05, 3.63) is 23.8 Å².